The van der Waals surface area contributed by atoms with E-state index in [4.69, 9.17) is 11.6 Å². The summed E-state index contributed by atoms with van der Waals surface area (Å²) in [6.45, 7) is 0. The predicted octanol–water partition coefficient (Wildman–Crippen LogP) is 3.71. The van der Waals surface area contributed by atoms with Crippen LogP contribution in [0.4, 0.5) is 13.2 Å². The molecule has 2 aromatic carbocycles. The summed E-state index contributed by atoms with van der Waals surface area (Å²) in [4.78, 5) is 23.4. The molecule has 0 unspecified atom stereocenters. The number of carboxylic acids is 1. The van der Waals surface area contributed by atoms with Gasteiger partial charge in [-0.05, 0) is 35.4 Å². The third-order valence-electron chi connectivity index (χ3n) is 3.63. The minimum atomic E-state index is -4.45. The number of aliphatic carboxylic acids is 1. The molecule has 138 valence electrons. The molecule has 0 aliphatic heterocycles. The lowest BCUT2D eigenvalue weighted by Gasteiger charge is -2.15. The van der Waals surface area contributed by atoms with Gasteiger partial charge in [-0.25, -0.2) is 4.79 Å². The molecule has 8 heteroatoms. The highest BCUT2D eigenvalue weighted by Gasteiger charge is 2.30. The fraction of sp³-hybridized carbons (Fsp3) is 0.222. The minimum Gasteiger partial charge on any atom is -0.480 e. The molecule has 0 heterocycles. The van der Waals surface area contributed by atoms with Crippen molar-refractivity contribution in [1.29, 1.82) is 0 Å². The van der Waals surface area contributed by atoms with Gasteiger partial charge >= 0.3 is 12.1 Å². The van der Waals surface area contributed by atoms with Gasteiger partial charge in [-0.15, -0.1) is 0 Å². The number of hydrogen-bond donors (Lipinski definition) is 2. The number of carbonyl (C=O) groups is 2. The lowest BCUT2D eigenvalue weighted by Crippen LogP contribution is -2.43. The maximum absolute atomic E-state index is 12.5. The van der Waals surface area contributed by atoms with Crippen molar-refractivity contribution in [2.45, 2.75) is 25.1 Å². The topological polar surface area (TPSA) is 66.4 Å². The monoisotopic (exact) mass is 385 g/mol. The SMILES string of the molecule is O=C(Cc1ccc(C(F)(F)F)cc1)N[C@@H](Cc1ccc(Cl)cc1)C(=O)O. The van der Waals surface area contributed by atoms with Crippen LogP contribution in [-0.4, -0.2) is 23.0 Å². The molecule has 0 fully saturated rings. The van der Waals surface area contributed by atoms with Gasteiger partial charge in [0, 0.05) is 11.4 Å². The van der Waals surface area contributed by atoms with Crippen LogP contribution in [0.25, 0.3) is 0 Å². The highest BCUT2D eigenvalue weighted by Crippen LogP contribution is 2.29. The Morgan fingerprint density at radius 3 is 2.04 bits per heavy atom. The van der Waals surface area contributed by atoms with E-state index in [1.807, 2.05) is 0 Å². The summed E-state index contributed by atoms with van der Waals surface area (Å²) in [5.41, 5.74) is 0.218. The van der Waals surface area contributed by atoms with Crippen LogP contribution >= 0.6 is 11.6 Å². The normalized spacial score (nSPS) is 12.5. The van der Waals surface area contributed by atoms with Gasteiger partial charge in [-0.1, -0.05) is 35.9 Å². The van der Waals surface area contributed by atoms with Crippen LogP contribution in [0.1, 0.15) is 16.7 Å². The molecular formula is C18H15ClF3NO3. The zero-order valence-corrected chi connectivity index (χ0v) is 14.1. The molecular weight excluding hydrogens is 371 g/mol. The first-order valence-electron chi connectivity index (χ1n) is 7.58. The molecule has 0 aliphatic carbocycles. The maximum atomic E-state index is 12.5. The second kappa shape index (κ2) is 8.23. The molecule has 0 bridgehead atoms. The second-order valence-corrected chi connectivity index (χ2v) is 6.10. The van der Waals surface area contributed by atoms with Gasteiger partial charge in [0.15, 0.2) is 0 Å². The first-order valence-corrected chi connectivity index (χ1v) is 7.95. The summed E-state index contributed by atoms with van der Waals surface area (Å²) in [6, 6.07) is 9.52. The summed E-state index contributed by atoms with van der Waals surface area (Å²) in [7, 11) is 0. The Hall–Kier alpha value is -2.54. The maximum Gasteiger partial charge on any atom is 0.416 e. The van der Waals surface area contributed by atoms with Crippen LogP contribution in [0.2, 0.25) is 5.02 Å². The Kier molecular flexibility index (Phi) is 6.26. The summed E-state index contributed by atoms with van der Waals surface area (Å²) in [6.07, 6.45) is -4.61. The van der Waals surface area contributed by atoms with Gasteiger partial charge in [-0.3, -0.25) is 4.79 Å². The van der Waals surface area contributed by atoms with Crippen LogP contribution in [0, 0.1) is 0 Å². The second-order valence-electron chi connectivity index (χ2n) is 5.66. The van der Waals surface area contributed by atoms with Crippen molar-refractivity contribution in [3.05, 3.63) is 70.2 Å². The number of hydrogen-bond acceptors (Lipinski definition) is 2. The van der Waals surface area contributed by atoms with E-state index < -0.39 is 29.7 Å². The summed E-state index contributed by atoms with van der Waals surface area (Å²) in [5.74, 6) is -1.80. The van der Waals surface area contributed by atoms with Crippen molar-refractivity contribution in [3.63, 3.8) is 0 Å². The molecule has 1 amide bonds. The van der Waals surface area contributed by atoms with Gasteiger partial charge < -0.3 is 10.4 Å². The fourth-order valence-electron chi connectivity index (χ4n) is 2.30. The van der Waals surface area contributed by atoms with E-state index in [0.29, 0.717) is 16.1 Å². The fourth-order valence-corrected chi connectivity index (χ4v) is 2.42. The standard InChI is InChI=1S/C18H15ClF3NO3/c19-14-7-3-11(4-8-14)9-15(17(25)26)23-16(24)10-12-1-5-13(6-2-12)18(20,21)22/h1-8,15H,9-10H2,(H,23,24)(H,25,26)/t15-/m0/s1. The molecule has 0 aromatic heterocycles. The van der Waals surface area contributed by atoms with Gasteiger partial charge in [0.25, 0.3) is 0 Å². The lowest BCUT2D eigenvalue weighted by molar-refractivity contribution is -0.141. The molecule has 0 saturated heterocycles. The van der Waals surface area contributed by atoms with Crippen molar-refractivity contribution >= 4 is 23.5 Å². The van der Waals surface area contributed by atoms with Crippen molar-refractivity contribution in [2.24, 2.45) is 0 Å². The average Bonchev–Trinajstić information content (AvgIpc) is 2.55. The molecule has 26 heavy (non-hydrogen) atoms. The summed E-state index contributed by atoms with van der Waals surface area (Å²) >= 11 is 5.77. The van der Waals surface area contributed by atoms with E-state index in [-0.39, 0.29) is 12.8 Å². The van der Waals surface area contributed by atoms with Gasteiger partial charge in [0.1, 0.15) is 6.04 Å². The molecule has 0 radical (unpaired) electrons. The number of halogens is 4. The van der Waals surface area contributed by atoms with Crippen LogP contribution in [0.3, 0.4) is 0 Å². The van der Waals surface area contributed by atoms with Crippen molar-refractivity contribution in [1.82, 2.24) is 5.32 Å². The summed E-state index contributed by atoms with van der Waals surface area (Å²) in [5, 5.41) is 12.1. The third kappa shape index (κ3) is 5.77. The van der Waals surface area contributed by atoms with Crippen LogP contribution in [0.5, 0.6) is 0 Å². The van der Waals surface area contributed by atoms with Crippen molar-refractivity contribution < 1.29 is 27.9 Å². The highest BCUT2D eigenvalue weighted by atomic mass is 35.5. The van der Waals surface area contributed by atoms with Crippen LogP contribution in [0.15, 0.2) is 48.5 Å². The number of amides is 1. The first kappa shape index (κ1) is 19.8. The molecule has 2 rings (SSSR count). The molecule has 0 spiro atoms. The lowest BCUT2D eigenvalue weighted by atomic mass is 10.0. The Bertz CT molecular complexity index is 774. The van der Waals surface area contributed by atoms with Crippen molar-refractivity contribution in [2.75, 3.05) is 0 Å². The smallest absolute Gasteiger partial charge is 0.416 e. The largest absolute Gasteiger partial charge is 0.480 e. The highest BCUT2D eigenvalue weighted by molar-refractivity contribution is 6.30. The Labute approximate surface area is 152 Å². The van der Waals surface area contributed by atoms with Gasteiger partial charge in [0.2, 0.25) is 5.91 Å². The third-order valence-corrected chi connectivity index (χ3v) is 3.88. The molecule has 1 atom stereocenters. The Morgan fingerprint density at radius 2 is 1.54 bits per heavy atom. The average molecular weight is 386 g/mol. The molecule has 2 N–H and O–H groups in total. The van der Waals surface area contributed by atoms with E-state index in [0.717, 1.165) is 12.1 Å². The van der Waals surface area contributed by atoms with Gasteiger partial charge in [-0.2, -0.15) is 13.2 Å². The van der Waals surface area contributed by atoms with Gasteiger partial charge in [0.05, 0.1) is 12.0 Å². The Balaban J connectivity index is 1.99. The predicted molar refractivity (Wildman–Crippen MR) is 89.9 cm³/mol. The Morgan fingerprint density at radius 1 is 1.00 bits per heavy atom. The number of alkyl halides is 3. The molecule has 0 saturated carbocycles. The number of carboxylic acid groups (broad SMARTS) is 1. The molecule has 2 aromatic rings. The molecule has 4 nitrogen and oxygen atoms in total. The number of rotatable bonds is 6. The molecule has 0 aliphatic rings. The van der Waals surface area contributed by atoms with E-state index in [1.165, 1.54) is 12.1 Å². The minimum absolute atomic E-state index is 0.0608. The number of carbonyl (C=O) groups excluding carboxylic acids is 1. The van der Waals surface area contributed by atoms with E-state index in [2.05, 4.69) is 5.32 Å². The van der Waals surface area contributed by atoms with E-state index in [1.54, 1.807) is 24.3 Å². The number of benzene rings is 2. The van der Waals surface area contributed by atoms with E-state index in [9.17, 15) is 27.9 Å². The van der Waals surface area contributed by atoms with Crippen LogP contribution < -0.4 is 5.32 Å². The van der Waals surface area contributed by atoms with Crippen LogP contribution in [-0.2, 0) is 28.6 Å². The summed E-state index contributed by atoms with van der Waals surface area (Å²) < 4.78 is 37.6. The zero-order chi connectivity index (χ0) is 19.3. The van der Waals surface area contributed by atoms with Crippen molar-refractivity contribution in [3.8, 4) is 0 Å². The number of nitrogens with one attached hydrogen (secondary N) is 1. The first-order chi connectivity index (χ1) is 12.1. The van der Waals surface area contributed by atoms with E-state index >= 15 is 0 Å². The zero-order valence-electron chi connectivity index (χ0n) is 13.4. The quantitative estimate of drug-likeness (QED) is 0.796.